The summed E-state index contributed by atoms with van der Waals surface area (Å²) in [6.45, 7) is 1.37. The van der Waals surface area contributed by atoms with Gasteiger partial charge in [-0.3, -0.25) is 10.1 Å². The van der Waals surface area contributed by atoms with Gasteiger partial charge in [0.15, 0.2) is 5.75 Å². The number of hydrogen-bond donors (Lipinski definition) is 2. The van der Waals surface area contributed by atoms with Gasteiger partial charge in [-0.15, -0.1) is 0 Å². The number of aromatic hydroxyl groups is 1. The van der Waals surface area contributed by atoms with Gasteiger partial charge in [0.25, 0.3) is 0 Å². The van der Waals surface area contributed by atoms with Crippen LogP contribution in [0.5, 0.6) is 5.75 Å². The zero-order chi connectivity index (χ0) is 14.4. The Morgan fingerprint density at radius 3 is 2.47 bits per heavy atom. The lowest BCUT2D eigenvalue weighted by molar-refractivity contribution is -0.386. The second-order valence-corrected chi connectivity index (χ2v) is 6.62. The van der Waals surface area contributed by atoms with Crippen LogP contribution in [0.25, 0.3) is 0 Å². The number of nitrogens with zero attached hydrogens (tertiary/aromatic N) is 2. The minimum atomic E-state index is -3.89. The van der Waals surface area contributed by atoms with Crippen LogP contribution in [0.2, 0.25) is 0 Å². The van der Waals surface area contributed by atoms with Crippen LogP contribution in [0.1, 0.15) is 6.92 Å². The molecule has 104 valence electrons. The van der Waals surface area contributed by atoms with Crippen molar-refractivity contribution in [3.05, 3.63) is 28.3 Å². The van der Waals surface area contributed by atoms with E-state index in [0.29, 0.717) is 0 Å². The molecular weight excluding hydrogens is 276 g/mol. The molecule has 0 saturated carbocycles. The zero-order valence-corrected chi connectivity index (χ0v) is 10.8. The van der Waals surface area contributed by atoms with E-state index in [0.717, 1.165) is 22.5 Å². The monoisotopic (exact) mass is 288 g/mol. The van der Waals surface area contributed by atoms with Gasteiger partial charge in [0.1, 0.15) is 0 Å². The molecule has 8 nitrogen and oxygen atoms in total. The number of rotatable bonds is 3. The Morgan fingerprint density at radius 2 is 2.00 bits per heavy atom. The molecular formula is C10H12N2O6S. The first-order valence-electron chi connectivity index (χ1n) is 5.33. The summed E-state index contributed by atoms with van der Waals surface area (Å²) in [6.07, 6.45) is 0. The molecule has 0 amide bonds. The lowest BCUT2D eigenvalue weighted by Gasteiger charge is -2.42. The number of sulfonamides is 1. The predicted molar refractivity (Wildman–Crippen MR) is 64.1 cm³/mol. The molecule has 1 fully saturated rings. The molecule has 2 rings (SSSR count). The minimum absolute atomic E-state index is 0.0655. The van der Waals surface area contributed by atoms with Crippen molar-refractivity contribution < 1.29 is 23.6 Å². The average Bonchev–Trinajstić information content (AvgIpc) is 2.25. The number of nitro benzene ring substituents is 1. The van der Waals surface area contributed by atoms with Crippen LogP contribution in [-0.2, 0) is 10.0 Å². The molecule has 0 atom stereocenters. The third kappa shape index (κ3) is 2.39. The largest absolute Gasteiger partial charge is 0.502 e. The summed E-state index contributed by atoms with van der Waals surface area (Å²) >= 11 is 0. The number of hydrogen-bond acceptors (Lipinski definition) is 6. The van der Waals surface area contributed by atoms with Crippen molar-refractivity contribution in [3.8, 4) is 5.75 Å². The van der Waals surface area contributed by atoms with Crippen molar-refractivity contribution >= 4 is 15.7 Å². The SMILES string of the molecule is CC1(O)CN(S(=O)(=O)c2ccc(O)c([N+](=O)[O-])c2)C1. The Labute approximate surface area is 109 Å². The molecule has 2 N–H and O–H groups in total. The molecule has 1 aliphatic rings. The van der Waals surface area contributed by atoms with Crippen molar-refractivity contribution in [1.29, 1.82) is 0 Å². The Balaban J connectivity index is 2.37. The van der Waals surface area contributed by atoms with Crippen LogP contribution < -0.4 is 0 Å². The number of nitro groups is 1. The highest BCUT2D eigenvalue weighted by molar-refractivity contribution is 7.89. The van der Waals surface area contributed by atoms with Crippen LogP contribution in [0.3, 0.4) is 0 Å². The van der Waals surface area contributed by atoms with Gasteiger partial charge in [-0.05, 0) is 19.1 Å². The van der Waals surface area contributed by atoms with Crippen molar-refractivity contribution in [2.45, 2.75) is 17.4 Å². The molecule has 1 aromatic rings. The second-order valence-electron chi connectivity index (χ2n) is 4.68. The topological polar surface area (TPSA) is 121 Å². The van der Waals surface area contributed by atoms with E-state index in [9.17, 15) is 28.7 Å². The van der Waals surface area contributed by atoms with Gasteiger partial charge in [-0.25, -0.2) is 8.42 Å². The Bertz CT molecular complexity index is 631. The van der Waals surface area contributed by atoms with Crippen molar-refractivity contribution in [2.24, 2.45) is 0 Å². The molecule has 9 heteroatoms. The Hall–Kier alpha value is -1.71. The summed E-state index contributed by atoms with van der Waals surface area (Å²) in [4.78, 5) is 9.51. The van der Waals surface area contributed by atoms with Gasteiger partial charge in [-0.2, -0.15) is 4.31 Å². The summed E-state index contributed by atoms with van der Waals surface area (Å²) in [7, 11) is -3.89. The van der Waals surface area contributed by atoms with Crippen molar-refractivity contribution in [1.82, 2.24) is 4.31 Å². The number of phenolic OH excluding ortho intramolecular Hbond substituents is 1. The first-order valence-corrected chi connectivity index (χ1v) is 6.77. The minimum Gasteiger partial charge on any atom is -0.502 e. The van der Waals surface area contributed by atoms with E-state index < -0.39 is 32.0 Å². The zero-order valence-electron chi connectivity index (χ0n) is 9.98. The van der Waals surface area contributed by atoms with E-state index in [2.05, 4.69) is 0 Å². The molecule has 0 aromatic heterocycles. The molecule has 1 aromatic carbocycles. The summed E-state index contributed by atoms with van der Waals surface area (Å²) < 4.78 is 25.2. The van der Waals surface area contributed by atoms with Crippen LogP contribution in [0, 0.1) is 10.1 Å². The fourth-order valence-corrected chi connectivity index (χ4v) is 3.54. The van der Waals surface area contributed by atoms with E-state index >= 15 is 0 Å². The normalized spacial score (nSPS) is 18.8. The summed E-state index contributed by atoms with van der Waals surface area (Å²) in [5.41, 5.74) is -1.75. The van der Waals surface area contributed by atoms with Gasteiger partial charge in [0, 0.05) is 19.2 Å². The molecule has 0 aliphatic carbocycles. The highest BCUT2D eigenvalue weighted by Gasteiger charge is 2.44. The molecule has 0 unspecified atom stereocenters. The molecule has 0 bridgehead atoms. The maximum atomic E-state index is 12.1. The van der Waals surface area contributed by atoms with Gasteiger partial charge in [0.05, 0.1) is 15.4 Å². The lowest BCUT2D eigenvalue weighted by atomic mass is 10.0. The van der Waals surface area contributed by atoms with Gasteiger partial charge in [-0.1, -0.05) is 0 Å². The second kappa shape index (κ2) is 4.15. The van der Waals surface area contributed by atoms with Crippen LogP contribution in [0.15, 0.2) is 23.1 Å². The fourth-order valence-electron chi connectivity index (χ4n) is 1.84. The van der Waals surface area contributed by atoms with Gasteiger partial charge >= 0.3 is 5.69 Å². The maximum Gasteiger partial charge on any atom is 0.312 e. The maximum absolute atomic E-state index is 12.1. The van der Waals surface area contributed by atoms with Crippen molar-refractivity contribution in [2.75, 3.05) is 13.1 Å². The highest BCUT2D eigenvalue weighted by atomic mass is 32.2. The van der Waals surface area contributed by atoms with Crippen LogP contribution in [0.4, 0.5) is 5.69 Å². The molecule has 19 heavy (non-hydrogen) atoms. The van der Waals surface area contributed by atoms with Crippen LogP contribution >= 0.6 is 0 Å². The molecule has 1 heterocycles. The van der Waals surface area contributed by atoms with Gasteiger partial charge < -0.3 is 10.2 Å². The third-order valence-electron chi connectivity index (χ3n) is 2.82. The number of β-amino-alcohol motifs (C(OH)–C–C–N with tert-alkyl or cyclic N) is 1. The van der Waals surface area contributed by atoms with E-state index in [1.165, 1.54) is 6.92 Å². The average molecular weight is 288 g/mol. The molecule has 1 aliphatic heterocycles. The molecule has 0 spiro atoms. The van der Waals surface area contributed by atoms with Gasteiger partial charge in [0.2, 0.25) is 10.0 Å². The lowest BCUT2D eigenvalue weighted by Crippen LogP contribution is -2.61. The summed E-state index contributed by atoms with van der Waals surface area (Å²) in [5.74, 6) is -0.598. The number of aliphatic hydroxyl groups is 1. The smallest absolute Gasteiger partial charge is 0.312 e. The predicted octanol–water partition coefficient (Wildman–Crippen LogP) is 0.0557. The van der Waals surface area contributed by atoms with E-state index in [1.54, 1.807) is 0 Å². The van der Waals surface area contributed by atoms with E-state index in [4.69, 9.17) is 0 Å². The Morgan fingerprint density at radius 1 is 1.42 bits per heavy atom. The number of benzene rings is 1. The third-order valence-corrected chi connectivity index (χ3v) is 4.60. The summed E-state index contributed by atoms with van der Waals surface area (Å²) in [5, 5.41) is 29.5. The first-order chi connectivity index (χ1) is 8.63. The van der Waals surface area contributed by atoms with E-state index in [-0.39, 0.29) is 18.0 Å². The fraction of sp³-hybridized carbons (Fsp3) is 0.400. The van der Waals surface area contributed by atoms with Crippen LogP contribution in [-0.4, -0.2) is 46.5 Å². The quantitative estimate of drug-likeness (QED) is 0.599. The Kier molecular flexibility index (Phi) is 3.00. The first kappa shape index (κ1) is 13.7. The molecule has 0 radical (unpaired) electrons. The standard InChI is InChI=1S/C10H12N2O6S/c1-10(14)5-11(6-10)19(17,18)7-2-3-9(13)8(4-7)12(15)16/h2-4,13-14H,5-6H2,1H3. The highest BCUT2D eigenvalue weighted by Crippen LogP contribution is 2.32. The molecule has 1 saturated heterocycles. The summed E-state index contributed by atoms with van der Waals surface area (Å²) in [6, 6.07) is 2.85. The van der Waals surface area contributed by atoms with Crippen molar-refractivity contribution in [3.63, 3.8) is 0 Å². The van der Waals surface area contributed by atoms with E-state index in [1.807, 2.05) is 0 Å². The number of phenols is 1.